The molecule has 3 heterocycles. The van der Waals surface area contributed by atoms with Crippen molar-refractivity contribution < 1.29 is 152 Å². The van der Waals surface area contributed by atoms with Gasteiger partial charge in [0.05, 0.1) is 124 Å². The Labute approximate surface area is 748 Å². The number of nitrogens with zero attached hydrogens (tertiary/aromatic N) is 2. The molecule has 43 heteroatoms. The lowest BCUT2D eigenvalue weighted by atomic mass is 9.88. The third-order valence-electron chi connectivity index (χ3n) is 20.1. The molecule has 15 atom stereocenters. The molecule has 0 aliphatic carbocycles. The lowest BCUT2D eigenvalue weighted by molar-refractivity contribution is -0.264. The van der Waals surface area contributed by atoms with Gasteiger partial charge in [0.15, 0.2) is 18.9 Å². The van der Waals surface area contributed by atoms with E-state index in [4.69, 9.17) is 80.5 Å². The molecular weight excluding hydrogens is 1690 g/mol. The lowest BCUT2D eigenvalue weighted by Crippen LogP contribution is -2.62. The molecule has 1 aromatic rings. The number of esters is 6. The summed E-state index contributed by atoms with van der Waals surface area (Å²) in [5.74, 6) is -8.01. The van der Waals surface area contributed by atoms with Crippen LogP contribution in [0, 0.1) is 17.8 Å². The first-order chi connectivity index (χ1) is 61.2. The van der Waals surface area contributed by atoms with E-state index in [1.165, 1.54) is 62.3 Å². The Kier molecular flexibility index (Phi) is 56.0. The number of amides is 9. The Bertz CT molecular complexity index is 3410. The van der Waals surface area contributed by atoms with Gasteiger partial charge >= 0.3 is 35.8 Å². The van der Waals surface area contributed by atoms with Crippen LogP contribution in [0.4, 0.5) is 0 Å². The summed E-state index contributed by atoms with van der Waals surface area (Å²) in [5, 5.41) is 25.6. The number of carbonyl (C=O) groups excluding carboxylic acids is 15. The summed E-state index contributed by atoms with van der Waals surface area (Å²) in [7, 11) is 0. The van der Waals surface area contributed by atoms with Crippen LogP contribution in [-0.4, -0.2) is 350 Å². The molecular formula is C85H139N11O32. The number of rotatable bonds is 65. The van der Waals surface area contributed by atoms with Gasteiger partial charge in [0.2, 0.25) is 53.2 Å². The first-order valence-electron chi connectivity index (χ1n) is 43.7. The molecule has 43 nitrogen and oxygen atoms in total. The zero-order valence-corrected chi connectivity index (χ0v) is 76.2. The van der Waals surface area contributed by atoms with E-state index < -0.39 is 127 Å². The average molecular weight is 1830 g/mol. The molecule has 1 aromatic carbocycles. The van der Waals surface area contributed by atoms with E-state index in [0.29, 0.717) is 71.4 Å². The Balaban J connectivity index is 1.28. The van der Waals surface area contributed by atoms with E-state index in [-0.39, 0.29) is 224 Å². The Hall–Kier alpha value is -9.25. The monoisotopic (exact) mass is 1830 g/mol. The fraction of sp³-hybridized carbons (Fsp3) is 0.753. The third kappa shape index (κ3) is 49.0. The number of ether oxygens (including phenoxy) is 17. The first kappa shape index (κ1) is 111. The molecule has 0 saturated carbocycles. The number of unbranched alkanes of at least 4 members (excludes halogenated alkanes) is 3. The molecule has 0 radical (unpaired) electrons. The average Bonchev–Trinajstić information content (AvgIpc) is 0.805. The Morgan fingerprint density at radius 2 is 0.602 bits per heavy atom. The van der Waals surface area contributed by atoms with E-state index in [0.717, 1.165) is 5.56 Å². The zero-order chi connectivity index (χ0) is 94.1. The second kappa shape index (κ2) is 64.5. The van der Waals surface area contributed by atoms with Crippen LogP contribution in [-0.2, 0) is 159 Å². The number of nitrogens with one attached hydrogen (secondary N) is 9. The van der Waals surface area contributed by atoms with Crippen LogP contribution >= 0.6 is 0 Å². The van der Waals surface area contributed by atoms with Crippen molar-refractivity contribution in [2.24, 2.45) is 17.8 Å². The minimum atomic E-state index is -1.02. The second-order valence-electron chi connectivity index (χ2n) is 31.1. The highest BCUT2D eigenvalue weighted by molar-refractivity contribution is 5.82. The number of hydrogen-bond acceptors (Lipinski definition) is 34. The summed E-state index contributed by atoms with van der Waals surface area (Å²) < 4.78 is 96.7. The molecule has 3 fully saturated rings. The van der Waals surface area contributed by atoms with Crippen molar-refractivity contribution >= 4 is 89.0 Å². The molecule has 0 aromatic heterocycles. The van der Waals surface area contributed by atoms with Gasteiger partial charge in [-0.25, -0.2) is 0 Å². The highest BCUT2D eigenvalue weighted by Gasteiger charge is 2.50. The molecule has 15 unspecified atom stereocenters. The van der Waals surface area contributed by atoms with Crippen LogP contribution in [0.3, 0.4) is 0 Å². The molecule has 0 bridgehead atoms. The molecule has 3 aliphatic rings. The van der Waals surface area contributed by atoms with Crippen LogP contribution in [0.2, 0.25) is 0 Å². The summed E-state index contributed by atoms with van der Waals surface area (Å²) in [6.45, 7) is 19.3. The van der Waals surface area contributed by atoms with E-state index in [1.54, 1.807) is 25.7 Å². The molecule has 0 spiro atoms. The lowest BCUT2D eigenvalue weighted by Gasteiger charge is -2.44. The molecule has 4 rings (SSSR count). The smallest absolute Gasteiger partial charge is 0.303 e. The predicted molar refractivity (Wildman–Crippen MR) is 453 cm³/mol. The van der Waals surface area contributed by atoms with E-state index in [1.807, 2.05) is 35.2 Å². The van der Waals surface area contributed by atoms with E-state index >= 15 is 0 Å². The van der Waals surface area contributed by atoms with Crippen molar-refractivity contribution in [3.05, 3.63) is 35.9 Å². The van der Waals surface area contributed by atoms with Crippen LogP contribution in [0.15, 0.2) is 30.3 Å². The molecule has 3 aliphatic heterocycles. The maximum atomic E-state index is 13.7. The zero-order valence-electron chi connectivity index (χ0n) is 76.2. The van der Waals surface area contributed by atoms with Crippen LogP contribution in [0.5, 0.6) is 0 Å². The van der Waals surface area contributed by atoms with Crippen molar-refractivity contribution in [2.45, 2.75) is 221 Å². The summed E-state index contributed by atoms with van der Waals surface area (Å²) in [5.41, 5.74) is 1.00. The van der Waals surface area contributed by atoms with Crippen LogP contribution < -0.4 is 47.9 Å². The van der Waals surface area contributed by atoms with Gasteiger partial charge in [0.1, 0.15) is 56.4 Å². The number of carbonyl (C=O) groups is 15. The predicted octanol–water partition coefficient (Wildman–Crippen LogP) is -0.787. The van der Waals surface area contributed by atoms with Gasteiger partial charge in [-0.3, -0.25) is 81.7 Å². The summed E-state index contributed by atoms with van der Waals surface area (Å²) in [6, 6.07) is 7.44. The largest absolute Gasteiger partial charge is 0.463 e. The van der Waals surface area contributed by atoms with Gasteiger partial charge in [-0.1, -0.05) is 51.1 Å². The Morgan fingerprint density at radius 1 is 0.320 bits per heavy atom. The molecule has 9 N–H and O–H groups in total. The standard InChI is InChI=1S/C85H139N11O32/c1-55-77(92-58(4)97)83(126-68(52-120-61(7)100)80(55)123-64(10)103)117-45-42-112-36-24-71(106)86-27-16-19-30-89-74(109)48-95(35-39-115-40-41-116-51-67-22-14-13-15-23-67)33-34-96(49-75(110)90-31-20-17-28-87-72(107)25-37-113-43-46-118-84-78(93-59(5)98)56(2)81(124-65(11)104)69(127-84)53-121-62(8)101)50-76(111)91-32-21-18-29-88-73(108)26-38-114-44-47-119-85-79(94-60(6)99)57(3)82(125-66(12)105)70(128-85)54-122-63(9)102/h13-15,22-23,55-57,68-70,77-85H,16-21,24-54H2,1-12H3,(H,86,106)(H,87,107)(H,88,108)(H,89,109)(H,90,110)(H,91,111)(H,92,97)(H,93,98)(H,94,99). The summed E-state index contributed by atoms with van der Waals surface area (Å²) in [4.78, 5) is 190. The van der Waals surface area contributed by atoms with Crippen molar-refractivity contribution in [1.82, 2.24) is 57.7 Å². The van der Waals surface area contributed by atoms with Gasteiger partial charge < -0.3 is 128 Å². The Morgan fingerprint density at radius 3 is 0.906 bits per heavy atom. The summed E-state index contributed by atoms with van der Waals surface area (Å²) >= 11 is 0. The maximum Gasteiger partial charge on any atom is 0.303 e. The topological polar surface area (TPSA) is 528 Å². The van der Waals surface area contributed by atoms with E-state index in [9.17, 15) is 71.9 Å². The maximum absolute atomic E-state index is 13.7. The number of benzene rings is 1. The third-order valence-corrected chi connectivity index (χ3v) is 20.1. The van der Waals surface area contributed by atoms with Gasteiger partial charge in [-0.05, 0) is 44.1 Å². The normalized spacial score (nSPS) is 21.9. The highest BCUT2D eigenvalue weighted by atomic mass is 16.7. The van der Waals surface area contributed by atoms with Crippen molar-refractivity contribution in [3.63, 3.8) is 0 Å². The quantitative estimate of drug-likeness (QED) is 0.0219. The SMILES string of the molecule is CC(=O)NC1C(OCCOCCC(=O)NCCCCNC(=O)CN(CCOCCOCc2ccccc2)CCN(CC(=O)NCCCCNC(=O)CCOCCOC2OC(COC(C)=O)C(OC(C)=O)C(C)C2NC(C)=O)CC(=O)NCCCCNC(=O)CCOCCOC2OC(COC(C)=O)C(OC(C)=O)C(C)C2NC(C)=O)OC(COC(C)=O)C(OC(C)=O)C1C. The van der Waals surface area contributed by atoms with Gasteiger partial charge in [-0.15, -0.1) is 0 Å². The minimum Gasteiger partial charge on any atom is -0.463 e. The van der Waals surface area contributed by atoms with E-state index in [2.05, 4.69) is 47.9 Å². The molecule has 9 amide bonds. The van der Waals surface area contributed by atoms with Gasteiger partial charge in [0.25, 0.3) is 0 Å². The molecule has 726 valence electrons. The fourth-order valence-corrected chi connectivity index (χ4v) is 13.8. The highest BCUT2D eigenvalue weighted by Crippen LogP contribution is 2.33. The van der Waals surface area contributed by atoms with Crippen LogP contribution in [0.1, 0.15) is 146 Å². The summed E-state index contributed by atoms with van der Waals surface area (Å²) in [6.07, 6.45) is -5.20. The fourth-order valence-electron chi connectivity index (χ4n) is 13.8. The van der Waals surface area contributed by atoms with Gasteiger partial charge in [-0.2, -0.15) is 0 Å². The second-order valence-corrected chi connectivity index (χ2v) is 31.1. The molecule has 128 heavy (non-hydrogen) atoms. The minimum absolute atomic E-state index is 0.00195. The van der Waals surface area contributed by atoms with Gasteiger partial charge in [0, 0.05) is 158 Å². The first-order valence-corrected chi connectivity index (χ1v) is 43.7. The molecule has 3 saturated heterocycles. The van der Waals surface area contributed by atoms with Crippen molar-refractivity contribution in [2.75, 3.05) is 178 Å². The van der Waals surface area contributed by atoms with Crippen LogP contribution in [0.25, 0.3) is 0 Å². The number of hydrogen-bond donors (Lipinski definition) is 9. The van der Waals surface area contributed by atoms with Crippen molar-refractivity contribution in [1.29, 1.82) is 0 Å². The van der Waals surface area contributed by atoms with Crippen molar-refractivity contribution in [3.8, 4) is 0 Å².